The van der Waals surface area contributed by atoms with Crippen LogP contribution in [-0.2, 0) is 109 Å². The summed E-state index contributed by atoms with van der Waals surface area (Å²) in [4.78, 5) is 146. The molecule has 0 spiro atoms. The quantitative estimate of drug-likeness (QED) is 0.0505. The number of nitro benzene ring substituents is 1. The predicted octanol–water partition coefficient (Wildman–Crippen LogP) is 5.48. The third-order valence-electron chi connectivity index (χ3n) is 24.6. The molecule has 0 atom stereocenters. The first-order chi connectivity index (χ1) is 60.7. The number of imidazole rings is 4. The van der Waals surface area contributed by atoms with Gasteiger partial charge in [-0.15, -0.1) is 0 Å². The SMILES string of the molecule is Cn1c(=O)c2c(ncn2CCCN2CCCN(Cc3ccc(F)cc3)CC2)n(C)c1=O.Cn1c(=O)c2c(ncn2CCCN2CCCN(Cc3ccc([N+](=O)[O-])cc3)CC2)n(C)c1=O.Cn1c(=O)c2c(ncn2CCCN2CCCN(Cc3cccc(Cl)c3)CC2)n(C)c1=O.Cn1c(=O)c2c(ncn2CCCN2CCCN(Cc3ccccc3Cl)CC2)n(C)c1=O. The van der Waals surface area contributed by atoms with Crippen LogP contribution in [0.25, 0.3) is 44.7 Å². The number of aryl methyl sites for hydroxylation is 8. The van der Waals surface area contributed by atoms with E-state index in [0.29, 0.717) is 70.8 Å². The van der Waals surface area contributed by atoms with Crippen molar-refractivity contribution in [2.75, 3.05) is 131 Å². The van der Waals surface area contributed by atoms with Crippen LogP contribution in [0.1, 0.15) is 73.6 Å². The summed E-state index contributed by atoms with van der Waals surface area (Å²) in [5, 5.41) is 12.4. The van der Waals surface area contributed by atoms with E-state index in [2.05, 4.69) is 71.3 Å². The Morgan fingerprint density at radius 3 is 0.944 bits per heavy atom. The van der Waals surface area contributed by atoms with Crippen LogP contribution in [0.5, 0.6) is 0 Å². The molecular weight excluding hydrogens is 1660 g/mol. The molecule has 8 aromatic heterocycles. The lowest BCUT2D eigenvalue weighted by molar-refractivity contribution is -0.384. The number of rotatable bonds is 25. The molecule has 35 nitrogen and oxygen atoms in total. The van der Waals surface area contributed by atoms with Gasteiger partial charge in [0.1, 0.15) is 5.82 Å². The third kappa shape index (κ3) is 22.7. The lowest BCUT2D eigenvalue weighted by Crippen LogP contribution is -2.37. The molecule has 126 heavy (non-hydrogen) atoms. The second kappa shape index (κ2) is 43.0. The molecule has 0 unspecified atom stereocenters. The molecule has 4 aliphatic heterocycles. The Hall–Kier alpha value is -10.9. The molecule has 0 bridgehead atoms. The number of non-ortho nitro benzene ring substituents is 1. The number of hydrogen-bond acceptors (Lipinski definition) is 22. The Morgan fingerprint density at radius 2 is 0.627 bits per heavy atom. The van der Waals surface area contributed by atoms with Gasteiger partial charge in [0.05, 0.1) is 30.2 Å². The highest BCUT2D eigenvalue weighted by Gasteiger charge is 2.25. The number of hydrogen-bond donors (Lipinski definition) is 0. The maximum atomic E-state index is 13.1. The van der Waals surface area contributed by atoms with E-state index in [1.54, 1.807) is 65.6 Å². The van der Waals surface area contributed by atoms with Crippen LogP contribution in [0.3, 0.4) is 0 Å². The first-order valence-electron chi connectivity index (χ1n) is 43.4. The van der Waals surface area contributed by atoms with Gasteiger partial charge in [-0.25, -0.2) is 43.5 Å². The smallest absolute Gasteiger partial charge is 0.325 e. The molecule has 674 valence electrons. The molecule has 12 aromatic rings. The zero-order valence-corrected chi connectivity index (χ0v) is 74.9. The van der Waals surface area contributed by atoms with E-state index in [-0.39, 0.29) is 61.4 Å². The molecule has 4 saturated heterocycles. The molecule has 4 aliphatic rings. The Labute approximate surface area is 737 Å². The maximum absolute atomic E-state index is 13.1. The van der Waals surface area contributed by atoms with E-state index in [0.717, 1.165) is 248 Å². The molecular formula is C88H116Cl2FN25O10. The summed E-state index contributed by atoms with van der Waals surface area (Å²) < 4.78 is 30.8. The van der Waals surface area contributed by atoms with Crippen LogP contribution in [0, 0.1) is 15.9 Å². The fourth-order valence-corrected chi connectivity index (χ4v) is 17.7. The predicted molar refractivity (Wildman–Crippen MR) is 487 cm³/mol. The number of nitro groups is 1. The van der Waals surface area contributed by atoms with Crippen LogP contribution < -0.4 is 45.0 Å². The van der Waals surface area contributed by atoms with Crippen molar-refractivity contribution in [1.29, 1.82) is 0 Å². The summed E-state index contributed by atoms with van der Waals surface area (Å²) in [7, 11) is 12.6. The molecule has 0 saturated carbocycles. The Bertz CT molecular complexity index is 6300. The number of nitrogens with zero attached hydrogens (tertiary/aromatic N) is 25. The zero-order chi connectivity index (χ0) is 89.4. The van der Waals surface area contributed by atoms with E-state index >= 15 is 0 Å². The molecule has 0 aliphatic carbocycles. The summed E-state index contributed by atoms with van der Waals surface area (Å²) in [6, 6.07) is 29.7. The molecule has 0 N–H and O–H groups in total. The van der Waals surface area contributed by atoms with E-state index in [1.165, 1.54) is 69.7 Å². The first kappa shape index (κ1) is 92.7. The van der Waals surface area contributed by atoms with Crippen molar-refractivity contribution in [3.8, 4) is 0 Å². The standard InChI is InChI=1S/2C22H29ClN6O2.C22H29FN6O2.C22H29N7O4/c1-25-20-19(21(30)26(2)22(25)31)29(16-24-20)11-5-9-27-8-4-10-28(13-12-27)15-17-6-3-7-18(23)14-17;1-25-20-19(21(30)26(2)22(25)31)29(16-24-20)12-6-10-27-9-5-11-28(14-13-27)15-17-7-3-4-8-18(17)23;1-25-20-19(21(30)26(2)22(25)31)29(16-24-20)12-4-10-27-9-3-11-28(14-13-27)15-17-5-7-18(23)8-6-17;1-24-20-19(21(30)25(2)22(24)31)28(16-23-20)12-4-10-26-9-3-11-27(14-13-26)15-17-5-7-18(8-6-17)29(32)33/h3,6-7,14,16H,4-5,8-13,15H2,1-2H3;3-4,7-8,16H,5-6,9-15H2,1-2H3;5-8,16H,3-4,9-15H2,1-2H3;5-8,16H,3-4,9-15H2,1-2H3. The van der Waals surface area contributed by atoms with Crippen molar-refractivity contribution in [1.82, 2.24) is 114 Å². The minimum absolute atomic E-state index is 0.117. The van der Waals surface area contributed by atoms with Crippen molar-refractivity contribution in [2.45, 2.75) is 104 Å². The Morgan fingerprint density at radius 1 is 0.333 bits per heavy atom. The summed E-state index contributed by atoms with van der Waals surface area (Å²) in [6.45, 7) is 26.3. The van der Waals surface area contributed by atoms with E-state index in [4.69, 9.17) is 23.2 Å². The fraction of sp³-hybridized carbons (Fsp3) is 0.500. The maximum Gasteiger partial charge on any atom is 0.332 e. The second-order valence-corrected chi connectivity index (χ2v) is 34.2. The van der Waals surface area contributed by atoms with Crippen LogP contribution in [0.4, 0.5) is 10.1 Å². The van der Waals surface area contributed by atoms with Crippen molar-refractivity contribution in [3.63, 3.8) is 0 Å². The van der Waals surface area contributed by atoms with Gasteiger partial charge in [-0.1, -0.05) is 77.8 Å². The number of benzene rings is 4. The van der Waals surface area contributed by atoms with Gasteiger partial charge in [-0.3, -0.25) is 85.4 Å². The van der Waals surface area contributed by atoms with Crippen LogP contribution in [-0.4, -0.2) is 250 Å². The normalized spacial score (nSPS) is 16.0. The Kier molecular flexibility index (Phi) is 31.7. The van der Waals surface area contributed by atoms with Gasteiger partial charge < -0.3 is 37.9 Å². The summed E-state index contributed by atoms with van der Waals surface area (Å²) >= 11 is 12.4. The molecule has 0 amide bonds. The van der Waals surface area contributed by atoms with E-state index in [1.807, 2.05) is 78.9 Å². The van der Waals surface area contributed by atoms with E-state index in [9.17, 15) is 52.9 Å². The Balaban J connectivity index is 0.000000144. The minimum atomic E-state index is -0.376. The van der Waals surface area contributed by atoms with Crippen LogP contribution in [0.2, 0.25) is 10.0 Å². The molecule has 0 radical (unpaired) electrons. The highest BCUT2D eigenvalue weighted by Crippen LogP contribution is 2.22. The number of fused-ring (bicyclic) bond motifs is 4. The van der Waals surface area contributed by atoms with Crippen molar-refractivity contribution < 1.29 is 9.31 Å². The zero-order valence-electron chi connectivity index (χ0n) is 73.4. The van der Waals surface area contributed by atoms with Crippen molar-refractivity contribution >= 4 is 73.5 Å². The van der Waals surface area contributed by atoms with Gasteiger partial charge in [0.15, 0.2) is 44.7 Å². The van der Waals surface area contributed by atoms with Crippen molar-refractivity contribution in [3.05, 3.63) is 254 Å². The molecule has 4 fully saturated rings. The molecule has 4 aromatic carbocycles. The van der Waals surface area contributed by atoms with Gasteiger partial charge in [-0.05, 0) is 182 Å². The van der Waals surface area contributed by atoms with Gasteiger partial charge in [-0.2, -0.15) is 0 Å². The first-order valence-corrected chi connectivity index (χ1v) is 44.1. The fourth-order valence-electron chi connectivity index (χ4n) is 17.3. The second-order valence-electron chi connectivity index (χ2n) is 33.3. The van der Waals surface area contributed by atoms with Gasteiger partial charge in [0.25, 0.3) is 27.9 Å². The monoisotopic (exact) mass is 1770 g/mol. The lowest BCUT2D eigenvalue weighted by atomic mass is 10.2. The molecule has 16 rings (SSSR count). The average Bonchev–Trinajstić information content (AvgIpc) is 1.62. The molecule has 38 heteroatoms. The lowest BCUT2D eigenvalue weighted by Gasteiger charge is -2.22. The number of halogens is 3. The number of aromatic nitrogens is 16. The summed E-state index contributed by atoms with van der Waals surface area (Å²) in [5.74, 6) is -0.198. The highest BCUT2D eigenvalue weighted by molar-refractivity contribution is 6.31. The topological polar surface area (TPSA) is 316 Å². The van der Waals surface area contributed by atoms with Gasteiger partial charge >= 0.3 is 22.8 Å². The largest absolute Gasteiger partial charge is 0.332 e. The summed E-state index contributed by atoms with van der Waals surface area (Å²) in [5.41, 5.74) is 5.78. The van der Waals surface area contributed by atoms with Gasteiger partial charge in [0, 0.05) is 183 Å². The summed E-state index contributed by atoms with van der Waals surface area (Å²) in [6.07, 6.45) is 14.7. The average molecular weight is 1770 g/mol. The van der Waals surface area contributed by atoms with Crippen LogP contribution >= 0.6 is 23.2 Å². The van der Waals surface area contributed by atoms with Crippen molar-refractivity contribution in [2.24, 2.45) is 56.4 Å². The molecule has 12 heterocycles. The highest BCUT2D eigenvalue weighted by atomic mass is 35.5. The van der Waals surface area contributed by atoms with E-state index < -0.39 is 0 Å². The van der Waals surface area contributed by atoms with Gasteiger partial charge in [0.2, 0.25) is 0 Å². The minimum Gasteiger partial charge on any atom is -0.325 e. The van der Waals surface area contributed by atoms with Crippen LogP contribution in [0.15, 0.2) is 161 Å². The third-order valence-corrected chi connectivity index (χ3v) is 25.2.